The van der Waals surface area contributed by atoms with Crippen molar-refractivity contribution in [1.29, 1.82) is 0 Å². The van der Waals surface area contributed by atoms with E-state index in [4.69, 9.17) is 9.47 Å². The van der Waals surface area contributed by atoms with E-state index in [9.17, 15) is 9.59 Å². The highest BCUT2D eigenvalue weighted by atomic mass is 16.7. The molecule has 6 nitrogen and oxygen atoms in total. The minimum Gasteiger partial charge on any atom is -0.454 e. The van der Waals surface area contributed by atoms with E-state index >= 15 is 0 Å². The van der Waals surface area contributed by atoms with Crippen LogP contribution in [0.15, 0.2) is 47.3 Å². The van der Waals surface area contributed by atoms with Crippen LogP contribution in [0.2, 0.25) is 0 Å². The van der Waals surface area contributed by atoms with Gasteiger partial charge in [-0.15, -0.1) is 0 Å². The van der Waals surface area contributed by atoms with E-state index in [1.54, 1.807) is 30.3 Å². The molecule has 1 amide bonds. The lowest BCUT2D eigenvalue weighted by atomic mass is 9.85. The lowest BCUT2D eigenvalue weighted by molar-refractivity contribution is 0.102. The number of anilines is 1. The van der Waals surface area contributed by atoms with Crippen molar-refractivity contribution in [3.63, 3.8) is 0 Å². The van der Waals surface area contributed by atoms with Gasteiger partial charge in [0.05, 0.1) is 5.52 Å². The van der Waals surface area contributed by atoms with Gasteiger partial charge in [-0.2, -0.15) is 0 Å². The average molecular weight is 364 g/mol. The molecule has 0 unspecified atom stereocenters. The Morgan fingerprint density at radius 3 is 2.59 bits per heavy atom. The maximum absolute atomic E-state index is 12.6. The first-order valence-corrected chi connectivity index (χ1v) is 8.70. The predicted octanol–water partition coefficient (Wildman–Crippen LogP) is 3.81. The number of nitrogens with one attached hydrogen (secondary N) is 2. The molecule has 1 aromatic heterocycles. The average Bonchev–Trinajstić information content (AvgIpc) is 3.07. The van der Waals surface area contributed by atoms with Crippen molar-refractivity contribution >= 4 is 22.5 Å². The minimum absolute atomic E-state index is 0.160. The molecule has 0 aliphatic carbocycles. The van der Waals surface area contributed by atoms with Crippen LogP contribution in [0.5, 0.6) is 11.5 Å². The number of hydrogen-bond acceptors (Lipinski definition) is 4. The number of hydrogen-bond donors (Lipinski definition) is 2. The van der Waals surface area contributed by atoms with E-state index in [1.807, 2.05) is 12.1 Å². The van der Waals surface area contributed by atoms with Crippen LogP contribution in [0.4, 0.5) is 5.69 Å². The van der Waals surface area contributed by atoms with Crippen molar-refractivity contribution in [2.75, 3.05) is 12.1 Å². The molecule has 1 aliphatic heterocycles. The van der Waals surface area contributed by atoms with Crippen LogP contribution in [0.1, 0.15) is 36.7 Å². The van der Waals surface area contributed by atoms with Crippen LogP contribution in [-0.2, 0) is 5.41 Å². The highest BCUT2D eigenvalue weighted by Crippen LogP contribution is 2.33. The van der Waals surface area contributed by atoms with Crippen molar-refractivity contribution in [2.45, 2.75) is 26.2 Å². The fourth-order valence-electron chi connectivity index (χ4n) is 3.20. The second-order valence-electron chi connectivity index (χ2n) is 7.58. The predicted molar refractivity (Wildman–Crippen MR) is 104 cm³/mol. The number of carbonyl (C=O) groups excluding carboxylic acids is 1. The summed E-state index contributed by atoms with van der Waals surface area (Å²) < 4.78 is 10.6. The monoisotopic (exact) mass is 364 g/mol. The van der Waals surface area contributed by atoms with Crippen LogP contribution in [0.25, 0.3) is 10.9 Å². The number of ether oxygens (including phenoxy) is 2. The Labute approximate surface area is 156 Å². The van der Waals surface area contributed by atoms with Crippen LogP contribution in [-0.4, -0.2) is 17.7 Å². The molecule has 0 fully saturated rings. The smallest absolute Gasteiger partial charge is 0.255 e. The molecule has 138 valence electrons. The molecule has 0 bridgehead atoms. The van der Waals surface area contributed by atoms with Gasteiger partial charge in [-0.3, -0.25) is 9.59 Å². The summed E-state index contributed by atoms with van der Waals surface area (Å²) in [4.78, 5) is 27.5. The summed E-state index contributed by atoms with van der Waals surface area (Å²) >= 11 is 0. The largest absolute Gasteiger partial charge is 0.454 e. The van der Waals surface area contributed by atoms with Crippen LogP contribution < -0.4 is 20.3 Å². The molecule has 0 saturated heterocycles. The minimum atomic E-state index is -0.262. The van der Waals surface area contributed by atoms with Crippen molar-refractivity contribution < 1.29 is 14.3 Å². The molecule has 4 rings (SSSR count). The molecular formula is C21H20N2O4. The third-order valence-corrected chi connectivity index (χ3v) is 4.54. The molecule has 0 spiro atoms. The maximum atomic E-state index is 12.6. The molecular weight excluding hydrogens is 344 g/mol. The van der Waals surface area contributed by atoms with E-state index in [1.165, 1.54) is 0 Å². The summed E-state index contributed by atoms with van der Waals surface area (Å²) in [6.07, 6.45) is 0. The number of carbonyl (C=O) groups is 1. The second kappa shape index (κ2) is 6.16. The Kier molecular flexibility index (Phi) is 3.91. The number of fused-ring (bicyclic) bond motifs is 2. The number of aromatic nitrogens is 1. The Bertz CT molecular complexity index is 1110. The third kappa shape index (κ3) is 3.26. The van der Waals surface area contributed by atoms with Crippen molar-refractivity contribution in [3.05, 3.63) is 63.9 Å². The van der Waals surface area contributed by atoms with Gasteiger partial charge in [-0.05, 0) is 41.3 Å². The van der Waals surface area contributed by atoms with E-state index in [2.05, 4.69) is 31.1 Å². The maximum Gasteiger partial charge on any atom is 0.255 e. The van der Waals surface area contributed by atoms with E-state index in [-0.39, 0.29) is 23.7 Å². The van der Waals surface area contributed by atoms with Crippen LogP contribution in [0, 0.1) is 0 Å². The van der Waals surface area contributed by atoms with Gasteiger partial charge in [-0.25, -0.2) is 0 Å². The molecule has 0 atom stereocenters. The lowest BCUT2D eigenvalue weighted by Gasteiger charge is -2.21. The van der Waals surface area contributed by atoms with E-state index in [0.717, 1.165) is 10.9 Å². The van der Waals surface area contributed by atoms with E-state index in [0.29, 0.717) is 28.3 Å². The highest BCUT2D eigenvalue weighted by Gasteiger charge is 2.19. The number of aromatic amines is 1. The fourth-order valence-corrected chi connectivity index (χ4v) is 3.20. The number of pyridine rings is 1. The van der Waals surface area contributed by atoms with Crippen molar-refractivity contribution in [3.8, 4) is 11.5 Å². The summed E-state index contributed by atoms with van der Waals surface area (Å²) in [5.74, 6) is 0.923. The number of amides is 1. The first kappa shape index (κ1) is 17.1. The molecule has 27 heavy (non-hydrogen) atoms. The zero-order valence-corrected chi connectivity index (χ0v) is 15.4. The summed E-state index contributed by atoms with van der Waals surface area (Å²) in [5.41, 5.74) is 2.41. The number of benzene rings is 2. The number of H-pyrrole nitrogens is 1. The Hall–Kier alpha value is -3.28. The van der Waals surface area contributed by atoms with Gasteiger partial charge >= 0.3 is 0 Å². The van der Waals surface area contributed by atoms with Gasteiger partial charge in [0.25, 0.3) is 5.91 Å². The van der Waals surface area contributed by atoms with Crippen molar-refractivity contribution in [1.82, 2.24) is 4.98 Å². The third-order valence-electron chi connectivity index (χ3n) is 4.54. The Morgan fingerprint density at radius 2 is 1.81 bits per heavy atom. The molecule has 0 radical (unpaired) electrons. The first-order chi connectivity index (χ1) is 12.8. The topological polar surface area (TPSA) is 80.4 Å². The molecule has 6 heteroatoms. The second-order valence-corrected chi connectivity index (χ2v) is 7.58. The molecule has 2 N–H and O–H groups in total. The van der Waals surface area contributed by atoms with Crippen LogP contribution >= 0.6 is 0 Å². The van der Waals surface area contributed by atoms with Gasteiger partial charge in [-0.1, -0.05) is 26.8 Å². The SMILES string of the molecule is CC(C)(C)c1cc(=O)[nH]c2cc(NC(=O)c3ccc4c(c3)OCO4)ccc12. The molecule has 2 heterocycles. The van der Waals surface area contributed by atoms with Gasteiger partial charge < -0.3 is 19.8 Å². The first-order valence-electron chi connectivity index (χ1n) is 8.70. The lowest BCUT2D eigenvalue weighted by Crippen LogP contribution is -2.17. The fraction of sp³-hybridized carbons (Fsp3) is 0.238. The van der Waals surface area contributed by atoms with Gasteiger partial charge in [0.1, 0.15) is 0 Å². The normalized spacial score (nSPS) is 13.0. The molecule has 2 aromatic carbocycles. The van der Waals surface area contributed by atoms with Gasteiger partial charge in [0, 0.05) is 22.7 Å². The summed E-state index contributed by atoms with van der Waals surface area (Å²) in [5, 5.41) is 3.82. The Morgan fingerprint density at radius 1 is 1.04 bits per heavy atom. The zero-order chi connectivity index (χ0) is 19.2. The summed E-state index contributed by atoms with van der Waals surface area (Å²) in [6, 6.07) is 12.2. The molecule has 0 saturated carbocycles. The van der Waals surface area contributed by atoms with Gasteiger partial charge in [0.2, 0.25) is 12.4 Å². The van der Waals surface area contributed by atoms with Crippen molar-refractivity contribution in [2.24, 2.45) is 0 Å². The Balaban J connectivity index is 1.66. The quantitative estimate of drug-likeness (QED) is 0.725. The summed E-state index contributed by atoms with van der Waals surface area (Å²) in [7, 11) is 0. The van der Waals surface area contributed by atoms with E-state index < -0.39 is 0 Å². The summed E-state index contributed by atoms with van der Waals surface area (Å²) in [6.45, 7) is 6.36. The van der Waals surface area contributed by atoms with Gasteiger partial charge in [0.15, 0.2) is 11.5 Å². The standard InChI is InChI=1S/C21H20N2O4/c1-21(2,3)15-10-19(24)23-16-9-13(5-6-14(15)16)22-20(25)12-4-7-17-18(8-12)27-11-26-17/h4-10H,11H2,1-3H3,(H,22,25)(H,23,24). The number of rotatable bonds is 2. The molecule has 3 aromatic rings. The highest BCUT2D eigenvalue weighted by molar-refractivity contribution is 6.05. The molecule has 1 aliphatic rings. The zero-order valence-electron chi connectivity index (χ0n) is 15.4. The van der Waals surface area contributed by atoms with Crippen LogP contribution in [0.3, 0.4) is 0 Å².